The summed E-state index contributed by atoms with van der Waals surface area (Å²) in [6.45, 7) is 1.73. The zero-order chi connectivity index (χ0) is 21.9. The number of aromatic nitrogens is 3. The highest BCUT2D eigenvalue weighted by Crippen LogP contribution is 2.25. The molecule has 0 aliphatic carbocycles. The number of amides is 2. The molecule has 5 rings (SSSR count). The third kappa shape index (κ3) is 4.28. The standard InChI is InChI=1S/C25H27N5O2/c31-23(17-18-7-13-21(14-8-18)29-16-4-6-24(29)32)26-20-11-9-19(10-12-20)25-28-27-22-5-2-1-3-15-30(22)25/h7-14H,1-6,15-17H2,(H,26,31). The van der Waals surface area contributed by atoms with Gasteiger partial charge >= 0.3 is 0 Å². The van der Waals surface area contributed by atoms with Gasteiger partial charge in [0.15, 0.2) is 5.82 Å². The molecule has 164 valence electrons. The number of rotatable bonds is 5. The monoisotopic (exact) mass is 429 g/mol. The number of hydrogen-bond donors (Lipinski definition) is 1. The first-order valence-electron chi connectivity index (χ1n) is 11.4. The molecular weight excluding hydrogens is 402 g/mol. The van der Waals surface area contributed by atoms with Gasteiger partial charge in [0.2, 0.25) is 11.8 Å². The van der Waals surface area contributed by atoms with Crippen molar-refractivity contribution in [3.63, 3.8) is 0 Å². The summed E-state index contributed by atoms with van der Waals surface area (Å²) in [5.74, 6) is 2.06. The fourth-order valence-corrected chi connectivity index (χ4v) is 4.51. The molecule has 0 saturated carbocycles. The van der Waals surface area contributed by atoms with Crippen molar-refractivity contribution < 1.29 is 9.59 Å². The van der Waals surface area contributed by atoms with Crippen LogP contribution in [0, 0.1) is 0 Å². The molecule has 2 amide bonds. The smallest absolute Gasteiger partial charge is 0.228 e. The number of hydrogen-bond acceptors (Lipinski definition) is 4. The molecular formula is C25H27N5O2. The minimum Gasteiger partial charge on any atom is -0.326 e. The number of nitrogens with one attached hydrogen (secondary N) is 1. The van der Waals surface area contributed by atoms with Crippen LogP contribution in [0.4, 0.5) is 11.4 Å². The molecule has 3 aromatic rings. The molecule has 32 heavy (non-hydrogen) atoms. The van der Waals surface area contributed by atoms with Gasteiger partial charge in [0.25, 0.3) is 0 Å². The first-order valence-corrected chi connectivity index (χ1v) is 11.4. The number of carbonyl (C=O) groups excluding carboxylic acids is 2. The Bertz CT molecular complexity index is 1120. The Morgan fingerprint density at radius 2 is 1.69 bits per heavy atom. The first kappa shape index (κ1) is 20.4. The highest BCUT2D eigenvalue weighted by atomic mass is 16.2. The lowest BCUT2D eigenvalue weighted by Gasteiger charge is -2.15. The number of fused-ring (bicyclic) bond motifs is 1. The molecule has 3 heterocycles. The SMILES string of the molecule is O=C(Cc1ccc(N2CCCC2=O)cc1)Nc1ccc(-c2nnc3n2CCCCC3)cc1. The van der Waals surface area contributed by atoms with Crippen LogP contribution in [0.5, 0.6) is 0 Å². The molecule has 1 N–H and O–H groups in total. The van der Waals surface area contributed by atoms with E-state index in [1.807, 2.05) is 48.5 Å². The Labute approximate surface area is 187 Å². The molecule has 1 saturated heterocycles. The van der Waals surface area contributed by atoms with Gasteiger partial charge in [0, 0.05) is 42.9 Å². The lowest BCUT2D eigenvalue weighted by atomic mass is 10.1. The molecule has 0 atom stereocenters. The molecule has 2 aliphatic rings. The van der Waals surface area contributed by atoms with Crippen molar-refractivity contribution in [3.8, 4) is 11.4 Å². The van der Waals surface area contributed by atoms with E-state index in [9.17, 15) is 9.59 Å². The number of nitrogens with zero attached hydrogens (tertiary/aromatic N) is 4. The Morgan fingerprint density at radius 3 is 2.44 bits per heavy atom. The van der Waals surface area contributed by atoms with E-state index < -0.39 is 0 Å². The van der Waals surface area contributed by atoms with Gasteiger partial charge in [-0.3, -0.25) is 9.59 Å². The molecule has 7 nitrogen and oxygen atoms in total. The second-order valence-corrected chi connectivity index (χ2v) is 8.52. The molecule has 0 unspecified atom stereocenters. The van der Waals surface area contributed by atoms with Crippen molar-refractivity contribution in [2.24, 2.45) is 0 Å². The molecule has 2 aromatic carbocycles. The Kier molecular flexibility index (Phi) is 5.71. The van der Waals surface area contributed by atoms with Crippen LogP contribution in [-0.4, -0.2) is 33.1 Å². The van der Waals surface area contributed by atoms with E-state index in [4.69, 9.17) is 0 Å². The maximum absolute atomic E-state index is 12.5. The number of anilines is 2. The van der Waals surface area contributed by atoms with Gasteiger partial charge < -0.3 is 14.8 Å². The van der Waals surface area contributed by atoms with E-state index in [0.29, 0.717) is 6.42 Å². The summed E-state index contributed by atoms with van der Waals surface area (Å²) >= 11 is 0. The van der Waals surface area contributed by atoms with E-state index in [0.717, 1.165) is 66.5 Å². The summed E-state index contributed by atoms with van der Waals surface area (Å²) in [5.41, 5.74) is 3.59. The molecule has 0 spiro atoms. The fourth-order valence-electron chi connectivity index (χ4n) is 4.51. The van der Waals surface area contributed by atoms with E-state index in [-0.39, 0.29) is 18.2 Å². The minimum atomic E-state index is -0.0703. The van der Waals surface area contributed by atoms with Crippen molar-refractivity contribution in [3.05, 3.63) is 59.9 Å². The molecule has 0 bridgehead atoms. The normalized spacial score (nSPS) is 16.0. The molecule has 2 aliphatic heterocycles. The number of aryl methyl sites for hydroxylation is 1. The predicted molar refractivity (Wildman–Crippen MR) is 123 cm³/mol. The highest BCUT2D eigenvalue weighted by molar-refractivity contribution is 5.95. The minimum absolute atomic E-state index is 0.0703. The third-order valence-corrected chi connectivity index (χ3v) is 6.22. The zero-order valence-corrected chi connectivity index (χ0v) is 18.1. The van der Waals surface area contributed by atoms with Crippen molar-refractivity contribution >= 4 is 23.2 Å². The van der Waals surface area contributed by atoms with Gasteiger partial charge in [-0.05, 0) is 61.2 Å². The van der Waals surface area contributed by atoms with Crippen LogP contribution in [0.25, 0.3) is 11.4 Å². The summed E-state index contributed by atoms with van der Waals surface area (Å²) in [6, 6.07) is 15.5. The van der Waals surface area contributed by atoms with Crippen molar-refractivity contribution in [1.82, 2.24) is 14.8 Å². The van der Waals surface area contributed by atoms with Crippen LogP contribution in [0.3, 0.4) is 0 Å². The summed E-state index contributed by atoms with van der Waals surface area (Å²) in [7, 11) is 0. The van der Waals surface area contributed by atoms with Gasteiger partial charge in [-0.1, -0.05) is 18.6 Å². The van der Waals surface area contributed by atoms with Crippen LogP contribution in [0.1, 0.15) is 43.5 Å². The quantitative estimate of drug-likeness (QED) is 0.665. The number of carbonyl (C=O) groups is 2. The summed E-state index contributed by atoms with van der Waals surface area (Å²) in [5, 5.41) is 11.7. The zero-order valence-electron chi connectivity index (χ0n) is 18.1. The fraction of sp³-hybridized carbons (Fsp3) is 0.360. The van der Waals surface area contributed by atoms with Gasteiger partial charge in [0.05, 0.1) is 6.42 Å². The van der Waals surface area contributed by atoms with Crippen molar-refractivity contribution in [1.29, 1.82) is 0 Å². The lowest BCUT2D eigenvalue weighted by Crippen LogP contribution is -2.23. The Morgan fingerprint density at radius 1 is 0.875 bits per heavy atom. The van der Waals surface area contributed by atoms with E-state index in [2.05, 4.69) is 20.1 Å². The number of benzene rings is 2. The lowest BCUT2D eigenvalue weighted by molar-refractivity contribution is -0.117. The first-order chi connectivity index (χ1) is 15.7. The molecule has 1 aromatic heterocycles. The van der Waals surface area contributed by atoms with Crippen LogP contribution in [-0.2, 0) is 29.0 Å². The maximum Gasteiger partial charge on any atom is 0.228 e. The Balaban J connectivity index is 1.21. The second-order valence-electron chi connectivity index (χ2n) is 8.52. The summed E-state index contributed by atoms with van der Waals surface area (Å²) in [4.78, 5) is 26.2. The molecule has 7 heteroatoms. The molecule has 1 fully saturated rings. The van der Waals surface area contributed by atoms with Crippen molar-refractivity contribution in [2.75, 3.05) is 16.8 Å². The average molecular weight is 430 g/mol. The van der Waals surface area contributed by atoms with Gasteiger partial charge in [-0.15, -0.1) is 10.2 Å². The van der Waals surface area contributed by atoms with E-state index in [1.54, 1.807) is 4.90 Å². The summed E-state index contributed by atoms with van der Waals surface area (Å²) < 4.78 is 2.22. The largest absolute Gasteiger partial charge is 0.326 e. The third-order valence-electron chi connectivity index (χ3n) is 6.22. The van der Waals surface area contributed by atoms with E-state index >= 15 is 0 Å². The van der Waals surface area contributed by atoms with Crippen LogP contribution < -0.4 is 10.2 Å². The van der Waals surface area contributed by atoms with Crippen molar-refractivity contribution in [2.45, 2.75) is 51.5 Å². The van der Waals surface area contributed by atoms with Gasteiger partial charge in [-0.25, -0.2) is 0 Å². The van der Waals surface area contributed by atoms with E-state index in [1.165, 1.54) is 12.8 Å². The van der Waals surface area contributed by atoms with Gasteiger partial charge in [0.1, 0.15) is 5.82 Å². The summed E-state index contributed by atoms with van der Waals surface area (Å²) in [6.07, 6.45) is 6.34. The van der Waals surface area contributed by atoms with Crippen LogP contribution in [0.15, 0.2) is 48.5 Å². The van der Waals surface area contributed by atoms with Gasteiger partial charge in [-0.2, -0.15) is 0 Å². The molecule has 0 radical (unpaired) electrons. The predicted octanol–water partition coefficient (Wildman–Crippen LogP) is 3.98. The van der Waals surface area contributed by atoms with Crippen LogP contribution in [0.2, 0.25) is 0 Å². The Hall–Kier alpha value is -3.48. The maximum atomic E-state index is 12.5. The van der Waals surface area contributed by atoms with Crippen LogP contribution >= 0.6 is 0 Å². The second kappa shape index (κ2) is 8.94. The average Bonchev–Trinajstić information content (AvgIpc) is 3.33. The topological polar surface area (TPSA) is 80.1 Å². The highest BCUT2D eigenvalue weighted by Gasteiger charge is 2.21.